The number of thiophene rings is 2. The van der Waals surface area contributed by atoms with E-state index in [1.807, 2.05) is 28.5 Å². The second-order valence-corrected chi connectivity index (χ2v) is 8.94. The van der Waals surface area contributed by atoms with Gasteiger partial charge in [0.25, 0.3) is 5.91 Å². The molecule has 1 atom stereocenters. The van der Waals surface area contributed by atoms with E-state index in [9.17, 15) is 9.18 Å². The zero-order chi connectivity index (χ0) is 19.5. The number of amides is 1. The molecule has 1 fully saturated rings. The third kappa shape index (κ3) is 3.98. The summed E-state index contributed by atoms with van der Waals surface area (Å²) >= 11 is 2.96. The fraction of sp³-hybridized carbons (Fsp3) is 0.381. The minimum absolute atomic E-state index is 0.0564. The van der Waals surface area contributed by atoms with E-state index in [4.69, 9.17) is 9.47 Å². The van der Waals surface area contributed by atoms with E-state index < -0.39 is 0 Å². The molecule has 1 amide bonds. The Balaban J connectivity index is 1.70. The van der Waals surface area contributed by atoms with Crippen molar-refractivity contribution in [2.75, 3.05) is 20.3 Å². The Labute approximate surface area is 171 Å². The molecule has 0 spiro atoms. The van der Waals surface area contributed by atoms with E-state index in [0.717, 1.165) is 29.0 Å². The molecule has 1 aromatic carbocycles. The van der Waals surface area contributed by atoms with Crippen LogP contribution in [0, 0.1) is 5.82 Å². The largest absolute Gasteiger partial charge is 0.380 e. The van der Waals surface area contributed by atoms with Crippen molar-refractivity contribution in [1.29, 1.82) is 0 Å². The maximum Gasteiger partial charge on any atom is 0.264 e. The van der Waals surface area contributed by atoms with E-state index in [0.29, 0.717) is 28.9 Å². The molecule has 1 saturated heterocycles. The van der Waals surface area contributed by atoms with Crippen molar-refractivity contribution in [3.63, 3.8) is 0 Å². The Hall–Kier alpha value is -1.80. The summed E-state index contributed by atoms with van der Waals surface area (Å²) in [6.45, 7) is 2.02. The summed E-state index contributed by atoms with van der Waals surface area (Å²) < 4.78 is 26.3. The predicted molar refractivity (Wildman–Crippen MR) is 111 cm³/mol. The molecule has 0 saturated carbocycles. The van der Waals surface area contributed by atoms with Gasteiger partial charge in [-0.2, -0.15) is 0 Å². The maximum absolute atomic E-state index is 14.5. The van der Waals surface area contributed by atoms with Gasteiger partial charge in [-0.3, -0.25) is 4.79 Å². The molecular weight excluding hydrogens is 397 g/mol. The Morgan fingerprint density at radius 3 is 2.96 bits per heavy atom. The van der Waals surface area contributed by atoms with E-state index in [1.54, 1.807) is 24.5 Å². The average molecular weight is 420 g/mol. The first-order chi connectivity index (χ1) is 13.7. The zero-order valence-corrected chi connectivity index (χ0v) is 17.3. The van der Waals surface area contributed by atoms with Crippen LogP contribution < -0.4 is 0 Å². The lowest BCUT2D eigenvalue weighted by Crippen LogP contribution is -2.36. The van der Waals surface area contributed by atoms with Crippen molar-refractivity contribution in [2.45, 2.75) is 32.1 Å². The third-order valence-corrected chi connectivity index (χ3v) is 6.95. The molecule has 0 aliphatic carbocycles. The standard InChI is InChI=1S/C21H22FNO3S2/c1-25-13-16-19-17(22)7-2-8-18(19)28-20(16)21(24)23(11-14-5-3-9-26-14)12-15-6-4-10-27-15/h2,4,6-8,10,14H,3,5,9,11-13H2,1H3. The molecule has 4 rings (SSSR count). The molecule has 3 heterocycles. The summed E-state index contributed by atoms with van der Waals surface area (Å²) in [6, 6.07) is 8.97. The van der Waals surface area contributed by atoms with Crippen LogP contribution in [0.3, 0.4) is 0 Å². The lowest BCUT2D eigenvalue weighted by Gasteiger charge is -2.25. The van der Waals surface area contributed by atoms with Crippen LogP contribution in [0.2, 0.25) is 0 Å². The Kier molecular flexibility index (Phi) is 6.06. The minimum atomic E-state index is -0.316. The Morgan fingerprint density at radius 2 is 2.25 bits per heavy atom. The number of hydrogen-bond acceptors (Lipinski definition) is 5. The Bertz CT molecular complexity index is 948. The highest BCUT2D eigenvalue weighted by molar-refractivity contribution is 7.21. The fourth-order valence-corrected chi connectivity index (χ4v) is 5.52. The first-order valence-corrected chi connectivity index (χ1v) is 11.0. The van der Waals surface area contributed by atoms with Gasteiger partial charge in [0.05, 0.1) is 24.1 Å². The third-order valence-electron chi connectivity index (χ3n) is 4.91. The molecule has 4 nitrogen and oxygen atoms in total. The zero-order valence-electron chi connectivity index (χ0n) is 15.7. The molecule has 28 heavy (non-hydrogen) atoms. The molecule has 1 aliphatic heterocycles. The van der Waals surface area contributed by atoms with Crippen LogP contribution in [0.1, 0.15) is 33.0 Å². The van der Waals surface area contributed by atoms with E-state index in [2.05, 4.69) is 0 Å². The highest BCUT2D eigenvalue weighted by Crippen LogP contribution is 2.35. The molecule has 0 bridgehead atoms. The van der Waals surface area contributed by atoms with Crippen LogP contribution in [0.4, 0.5) is 4.39 Å². The highest BCUT2D eigenvalue weighted by Gasteiger charge is 2.28. The maximum atomic E-state index is 14.5. The number of rotatable bonds is 7. The number of nitrogens with zero attached hydrogens (tertiary/aromatic N) is 1. The number of methoxy groups -OCH3 is 1. The van der Waals surface area contributed by atoms with Crippen molar-refractivity contribution >= 4 is 38.7 Å². The number of carbonyl (C=O) groups excluding carboxylic acids is 1. The van der Waals surface area contributed by atoms with Crippen molar-refractivity contribution in [3.05, 3.63) is 56.8 Å². The van der Waals surface area contributed by atoms with Crippen LogP contribution in [0.25, 0.3) is 10.1 Å². The number of hydrogen-bond donors (Lipinski definition) is 0. The first-order valence-electron chi connectivity index (χ1n) is 9.29. The summed E-state index contributed by atoms with van der Waals surface area (Å²) in [5.41, 5.74) is 0.633. The van der Waals surface area contributed by atoms with Crippen molar-refractivity contribution in [2.24, 2.45) is 0 Å². The molecule has 3 aromatic rings. The van der Waals surface area contributed by atoms with Crippen molar-refractivity contribution < 1.29 is 18.7 Å². The molecule has 1 aliphatic rings. The fourth-order valence-electron chi connectivity index (χ4n) is 3.61. The predicted octanol–water partition coefficient (Wildman–Crippen LogP) is 5.07. The molecule has 1 unspecified atom stereocenters. The van der Waals surface area contributed by atoms with Gasteiger partial charge in [-0.25, -0.2) is 4.39 Å². The van der Waals surface area contributed by atoms with Crippen LogP contribution in [0.5, 0.6) is 0 Å². The van der Waals surface area contributed by atoms with Crippen LogP contribution >= 0.6 is 22.7 Å². The first kappa shape index (κ1) is 19.5. The summed E-state index contributed by atoms with van der Waals surface area (Å²) in [5, 5.41) is 2.50. The van der Waals surface area contributed by atoms with Gasteiger partial charge in [-0.15, -0.1) is 22.7 Å². The SMILES string of the molecule is COCc1c(C(=O)N(Cc2cccs2)CC2CCCO2)sc2cccc(F)c12. The number of benzene rings is 1. The number of fused-ring (bicyclic) bond motifs is 1. The van der Waals surface area contributed by atoms with Gasteiger partial charge in [-0.05, 0) is 36.4 Å². The molecular formula is C21H22FNO3S2. The van der Waals surface area contributed by atoms with Gasteiger partial charge < -0.3 is 14.4 Å². The van der Waals surface area contributed by atoms with Crippen LogP contribution in [-0.2, 0) is 22.6 Å². The summed E-state index contributed by atoms with van der Waals surface area (Å²) in [7, 11) is 1.56. The van der Waals surface area contributed by atoms with E-state index >= 15 is 0 Å². The summed E-state index contributed by atoms with van der Waals surface area (Å²) in [5.74, 6) is -0.402. The van der Waals surface area contributed by atoms with Gasteiger partial charge in [0.2, 0.25) is 0 Å². The minimum Gasteiger partial charge on any atom is -0.380 e. The number of carbonyl (C=O) groups is 1. The Morgan fingerprint density at radius 1 is 1.36 bits per heavy atom. The monoisotopic (exact) mass is 419 g/mol. The molecule has 0 radical (unpaired) electrons. The van der Waals surface area contributed by atoms with Gasteiger partial charge in [0, 0.05) is 40.8 Å². The van der Waals surface area contributed by atoms with Crippen LogP contribution in [-0.4, -0.2) is 37.2 Å². The van der Waals surface area contributed by atoms with Gasteiger partial charge >= 0.3 is 0 Å². The topological polar surface area (TPSA) is 38.8 Å². The second kappa shape index (κ2) is 8.69. The van der Waals surface area contributed by atoms with Crippen LogP contribution in [0.15, 0.2) is 35.7 Å². The van der Waals surface area contributed by atoms with Gasteiger partial charge in [-0.1, -0.05) is 12.1 Å². The van der Waals surface area contributed by atoms with Crippen molar-refractivity contribution in [1.82, 2.24) is 4.90 Å². The van der Waals surface area contributed by atoms with Gasteiger partial charge in [0.15, 0.2) is 0 Å². The second-order valence-electron chi connectivity index (χ2n) is 6.86. The van der Waals surface area contributed by atoms with E-state index in [1.165, 1.54) is 17.4 Å². The molecule has 0 N–H and O–H groups in total. The number of halogens is 1. The quantitative estimate of drug-likeness (QED) is 0.537. The molecule has 2 aromatic heterocycles. The average Bonchev–Trinajstić information content (AvgIpc) is 3.43. The smallest absolute Gasteiger partial charge is 0.264 e. The highest BCUT2D eigenvalue weighted by atomic mass is 32.1. The molecule has 148 valence electrons. The lowest BCUT2D eigenvalue weighted by atomic mass is 10.1. The van der Waals surface area contributed by atoms with Gasteiger partial charge in [0.1, 0.15) is 5.82 Å². The normalized spacial score (nSPS) is 16.7. The summed E-state index contributed by atoms with van der Waals surface area (Å²) in [6.07, 6.45) is 2.04. The number of ether oxygens (including phenoxy) is 2. The molecule has 7 heteroatoms. The lowest BCUT2D eigenvalue weighted by molar-refractivity contribution is 0.0510. The van der Waals surface area contributed by atoms with E-state index in [-0.39, 0.29) is 24.4 Å². The summed E-state index contributed by atoms with van der Waals surface area (Å²) in [4.78, 5) is 17.0. The van der Waals surface area contributed by atoms with Crippen molar-refractivity contribution in [3.8, 4) is 0 Å².